The van der Waals surface area contributed by atoms with Gasteiger partial charge in [-0.1, -0.05) is 0 Å². The Morgan fingerprint density at radius 3 is 2.79 bits per heavy atom. The maximum atomic E-state index is 11.3. The van der Waals surface area contributed by atoms with Crippen LogP contribution in [0.2, 0.25) is 0 Å². The molecule has 5 N–H and O–H groups in total. The number of nitrogen functional groups attached to an aromatic ring is 1. The standard InChI is InChI=1S/C12H19N3O2S2/c1-12(5-2-6-18-12)8-15-11-7-9(19(14,16)17)3-4-10(11)13/h3-4,7,15H,2,5-6,8,13H2,1H3,(H2,14,16,17). The molecule has 0 amide bonds. The van der Waals surface area contributed by atoms with E-state index in [0.717, 1.165) is 13.0 Å². The summed E-state index contributed by atoms with van der Waals surface area (Å²) in [6.07, 6.45) is 2.37. The second-order valence-corrected chi connectivity index (χ2v) is 8.29. The smallest absolute Gasteiger partial charge is 0.238 e. The summed E-state index contributed by atoms with van der Waals surface area (Å²) in [5.41, 5.74) is 7.01. The fraction of sp³-hybridized carbons (Fsp3) is 0.500. The second-order valence-electron chi connectivity index (χ2n) is 5.05. The number of rotatable bonds is 4. The highest BCUT2D eigenvalue weighted by molar-refractivity contribution is 8.00. The highest BCUT2D eigenvalue weighted by Crippen LogP contribution is 2.38. The van der Waals surface area contributed by atoms with Crippen molar-refractivity contribution in [2.24, 2.45) is 5.14 Å². The SMILES string of the molecule is CC1(CNc2cc(S(N)(=O)=O)ccc2N)CCCS1. The monoisotopic (exact) mass is 301 g/mol. The summed E-state index contributed by atoms with van der Waals surface area (Å²) in [5.74, 6) is 1.17. The van der Waals surface area contributed by atoms with Gasteiger partial charge >= 0.3 is 0 Å². The minimum absolute atomic E-state index is 0.0772. The number of hydrogen-bond acceptors (Lipinski definition) is 5. The minimum atomic E-state index is -3.70. The summed E-state index contributed by atoms with van der Waals surface area (Å²) in [4.78, 5) is 0.0772. The number of hydrogen-bond donors (Lipinski definition) is 3. The predicted octanol–water partition coefficient (Wildman–Crippen LogP) is 1.61. The van der Waals surface area contributed by atoms with E-state index in [9.17, 15) is 8.42 Å². The van der Waals surface area contributed by atoms with Crippen LogP contribution in [0.5, 0.6) is 0 Å². The maximum absolute atomic E-state index is 11.3. The summed E-state index contributed by atoms with van der Waals surface area (Å²) >= 11 is 1.93. The van der Waals surface area contributed by atoms with Gasteiger partial charge in [0.05, 0.1) is 16.3 Å². The van der Waals surface area contributed by atoms with Crippen LogP contribution < -0.4 is 16.2 Å². The molecule has 1 heterocycles. The van der Waals surface area contributed by atoms with Gasteiger partial charge in [0, 0.05) is 11.3 Å². The first-order chi connectivity index (χ1) is 8.80. The van der Waals surface area contributed by atoms with Crippen molar-refractivity contribution < 1.29 is 8.42 Å². The second kappa shape index (κ2) is 5.22. The summed E-state index contributed by atoms with van der Waals surface area (Å²) in [6.45, 7) is 2.97. The topological polar surface area (TPSA) is 98.2 Å². The van der Waals surface area contributed by atoms with Gasteiger partial charge < -0.3 is 11.1 Å². The van der Waals surface area contributed by atoms with Gasteiger partial charge in [0.15, 0.2) is 0 Å². The fourth-order valence-electron chi connectivity index (χ4n) is 2.12. The van der Waals surface area contributed by atoms with Crippen LogP contribution in [0.15, 0.2) is 23.1 Å². The molecule has 0 spiro atoms. The van der Waals surface area contributed by atoms with E-state index in [4.69, 9.17) is 10.9 Å². The molecule has 106 valence electrons. The van der Waals surface area contributed by atoms with Crippen molar-refractivity contribution in [3.05, 3.63) is 18.2 Å². The summed E-state index contributed by atoms with van der Waals surface area (Å²) in [7, 11) is -3.70. The van der Waals surface area contributed by atoms with Gasteiger partial charge in [-0.3, -0.25) is 0 Å². The number of nitrogens with one attached hydrogen (secondary N) is 1. The van der Waals surface area contributed by atoms with Gasteiger partial charge in [-0.25, -0.2) is 13.6 Å². The molecule has 19 heavy (non-hydrogen) atoms. The first-order valence-electron chi connectivity index (χ1n) is 6.10. The molecule has 7 heteroatoms. The lowest BCUT2D eigenvalue weighted by molar-refractivity contribution is 0.598. The zero-order valence-corrected chi connectivity index (χ0v) is 12.5. The number of thioether (sulfide) groups is 1. The molecule has 1 aliphatic rings. The van der Waals surface area contributed by atoms with Crippen LogP contribution in [0, 0.1) is 0 Å². The van der Waals surface area contributed by atoms with Crippen molar-refractivity contribution in [1.29, 1.82) is 0 Å². The van der Waals surface area contributed by atoms with E-state index in [2.05, 4.69) is 12.2 Å². The molecular formula is C12H19N3O2S2. The molecule has 1 atom stereocenters. The molecule has 1 unspecified atom stereocenters. The van der Waals surface area contributed by atoms with Crippen molar-refractivity contribution in [2.45, 2.75) is 29.4 Å². The average molecular weight is 301 g/mol. The van der Waals surface area contributed by atoms with Crippen molar-refractivity contribution >= 4 is 33.2 Å². The summed E-state index contributed by atoms with van der Waals surface area (Å²) in [6, 6.07) is 4.47. The molecule has 1 saturated heterocycles. The van der Waals surface area contributed by atoms with Crippen LogP contribution in [-0.4, -0.2) is 25.5 Å². The maximum Gasteiger partial charge on any atom is 0.238 e. The highest BCUT2D eigenvalue weighted by Gasteiger charge is 2.29. The molecule has 1 aromatic rings. The van der Waals surface area contributed by atoms with Crippen LogP contribution in [0.1, 0.15) is 19.8 Å². The third kappa shape index (κ3) is 3.55. The van der Waals surface area contributed by atoms with E-state index in [-0.39, 0.29) is 9.64 Å². The minimum Gasteiger partial charge on any atom is -0.397 e. The molecule has 1 aliphatic heterocycles. The van der Waals surface area contributed by atoms with E-state index in [1.807, 2.05) is 11.8 Å². The Kier molecular flexibility index (Phi) is 3.98. The Bertz CT molecular complexity index is 566. The van der Waals surface area contributed by atoms with Crippen LogP contribution in [0.3, 0.4) is 0 Å². The quantitative estimate of drug-likeness (QED) is 0.734. The number of sulfonamides is 1. The molecule has 0 aromatic heterocycles. The van der Waals surface area contributed by atoms with E-state index >= 15 is 0 Å². The molecule has 2 rings (SSSR count). The molecular weight excluding hydrogens is 282 g/mol. The lowest BCUT2D eigenvalue weighted by atomic mass is 10.1. The zero-order chi connectivity index (χ0) is 14.1. The van der Waals surface area contributed by atoms with Crippen LogP contribution in [-0.2, 0) is 10.0 Å². The molecule has 1 fully saturated rings. The lowest BCUT2D eigenvalue weighted by Crippen LogP contribution is -2.27. The van der Waals surface area contributed by atoms with Gasteiger partial charge in [-0.05, 0) is 43.7 Å². The normalized spacial score (nSPS) is 23.5. The molecule has 1 aromatic carbocycles. The number of nitrogens with two attached hydrogens (primary N) is 2. The Morgan fingerprint density at radius 1 is 1.47 bits per heavy atom. The summed E-state index contributed by atoms with van der Waals surface area (Å²) in [5, 5.41) is 8.36. The molecule has 0 aliphatic carbocycles. The van der Waals surface area contributed by atoms with Crippen molar-refractivity contribution in [1.82, 2.24) is 0 Å². The zero-order valence-electron chi connectivity index (χ0n) is 10.8. The first-order valence-corrected chi connectivity index (χ1v) is 8.64. The highest BCUT2D eigenvalue weighted by atomic mass is 32.2. The molecule has 5 nitrogen and oxygen atoms in total. The largest absolute Gasteiger partial charge is 0.397 e. The van der Waals surface area contributed by atoms with Crippen molar-refractivity contribution in [3.8, 4) is 0 Å². The predicted molar refractivity (Wildman–Crippen MR) is 80.8 cm³/mol. The van der Waals surface area contributed by atoms with Crippen molar-refractivity contribution in [3.63, 3.8) is 0 Å². The Hall–Kier alpha value is -0.920. The molecule has 0 bridgehead atoms. The van der Waals surface area contributed by atoms with E-state index in [1.54, 1.807) is 6.07 Å². The number of primary sulfonamides is 1. The third-order valence-electron chi connectivity index (χ3n) is 3.31. The van der Waals surface area contributed by atoms with Crippen LogP contribution in [0.4, 0.5) is 11.4 Å². The van der Waals surface area contributed by atoms with Gasteiger partial charge in [0.1, 0.15) is 0 Å². The van der Waals surface area contributed by atoms with Gasteiger partial charge in [-0.15, -0.1) is 0 Å². The lowest BCUT2D eigenvalue weighted by Gasteiger charge is -2.24. The Balaban J connectivity index is 2.15. The van der Waals surface area contributed by atoms with Gasteiger partial charge in [0.2, 0.25) is 10.0 Å². The number of anilines is 2. The molecule has 0 saturated carbocycles. The summed E-state index contributed by atoms with van der Waals surface area (Å²) < 4.78 is 22.8. The number of benzene rings is 1. The third-order valence-corrected chi connectivity index (χ3v) is 5.76. The van der Waals surface area contributed by atoms with Gasteiger partial charge in [0.25, 0.3) is 0 Å². The van der Waals surface area contributed by atoms with Gasteiger partial charge in [-0.2, -0.15) is 11.8 Å². The fourth-order valence-corrected chi connectivity index (χ4v) is 3.91. The molecule has 0 radical (unpaired) electrons. The first kappa shape index (κ1) is 14.5. The van der Waals surface area contributed by atoms with Crippen LogP contribution in [0.25, 0.3) is 0 Å². The Morgan fingerprint density at radius 2 is 2.21 bits per heavy atom. The van der Waals surface area contributed by atoms with Crippen molar-refractivity contribution in [2.75, 3.05) is 23.3 Å². The van der Waals surface area contributed by atoms with E-state index in [0.29, 0.717) is 11.4 Å². The van der Waals surface area contributed by atoms with E-state index < -0.39 is 10.0 Å². The van der Waals surface area contributed by atoms with Crippen LogP contribution >= 0.6 is 11.8 Å². The van der Waals surface area contributed by atoms with E-state index in [1.165, 1.54) is 24.3 Å². The Labute approximate surface area is 118 Å². The average Bonchev–Trinajstić information content (AvgIpc) is 2.74.